The number of aromatic nitrogens is 3. The Kier molecular flexibility index (Phi) is 7.23. The van der Waals surface area contributed by atoms with E-state index in [0.717, 1.165) is 28.2 Å². The van der Waals surface area contributed by atoms with Crippen LogP contribution in [0.2, 0.25) is 0 Å². The number of carbonyl (C=O) groups is 1. The van der Waals surface area contributed by atoms with E-state index in [2.05, 4.69) is 15.7 Å². The highest BCUT2D eigenvalue weighted by atomic mass is 32.2. The maximum Gasteiger partial charge on any atom is 0.255 e. The van der Waals surface area contributed by atoms with Gasteiger partial charge in [0.15, 0.2) is 5.82 Å². The maximum absolute atomic E-state index is 12.6. The van der Waals surface area contributed by atoms with E-state index in [-0.39, 0.29) is 5.91 Å². The van der Waals surface area contributed by atoms with E-state index in [1.165, 1.54) is 11.8 Å². The second-order valence-corrected chi connectivity index (χ2v) is 9.25. The molecule has 4 N–H and O–H groups in total. The minimum Gasteiger partial charge on any atom is -0.497 e. The molecule has 1 amide bonds. The first-order chi connectivity index (χ1) is 18.1. The number of ether oxygens (including phenoxy) is 1. The van der Waals surface area contributed by atoms with E-state index in [4.69, 9.17) is 15.5 Å². The SMILES string of the molecule is COc1ccc(CNc2nc(SCc3ccc(C(=O)Nc4ccccc4N)cc3)nn3cccc23)cc1. The van der Waals surface area contributed by atoms with Crippen molar-refractivity contribution < 1.29 is 9.53 Å². The van der Waals surface area contributed by atoms with Gasteiger partial charge in [0.05, 0.1) is 18.5 Å². The molecule has 0 bridgehead atoms. The Bertz CT molecular complexity index is 1520. The molecule has 2 aromatic heterocycles. The van der Waals surface area contributed by atoms with Gasteiger partial charge in [-0.2, -0.15) is 0 Å². The third kappa shape index (κ3) is 5.84. The molecule has 3 aromatic carbocycles. The average Bonchev–Trinajstić information content (AvgIpc) is 3.41. The number of thioether (sulfide) groups is 1. The van der Waals surface area contributed by atoms with Crippen molar-refractivity contribution in [3.8, 4) is 5.75 Å². The second-order valence-electron chi connectivity index (χ2n) is 8.31. The predicted octanol–water partition coefficient (Wildman–Crippen LogP) is 5.48. The Labute approximate surface area is 218 Å². The summed E-state index contributed by atoms with van der Waals surface area (Å²) in [6.45, 7) is 0.629. The smallest absolute Gasteiger partial charge is 0.255 e. The van der Waals surface area contributed by atoms with Crippen molar-refractivity contribution in [2.24, 2.45) is 0 Å². The van der Waals surface area contributed by atoms with Gasteiger partial charge in [-0.05, 0) is 59.7 Å². The fourth-order valence-electron chi connectivity index (χ4n) is 3.74. The van der Waals surface area contributed by atoms with Crippen LogP contribution in [0.3, 0.4) is 0 Å². The number of nitrogens with one attached hydrogen (secondary N) is 2. The van der Waals surface area contributed by atoms with Crippen molar-refractivity contribution in [2.75, 3.05) is 23.5 Å². The monoisotopic (exact) mass is 510 g/mol. The lowest BCUT2D eigenvalue weighted by atomic mass is 10.1. The van der Waals surface area contributed by atoms with Crippen LogP contribution in [0, 0.1) is 0 Å². The van der Waals surface area contributed by atoms with Crippen LogP contribution in [0.5, 0.6) is 5.75 Å². The molecule has 186 valence electrons. The summed E-state index contributed by atoms with van der Waals surface area (Å²) in [4.78, 5) is 17.3. The molecule has 0 aliphatic heterocycles. The molecular weight excluding hydrogens is 484 g/mol. The van der Waals surface area contributed by atoms with Crippen molar-refractivity contribution in [3.05, 3.63) is 108 Å². The highest BCUT2D eigenvalue weighted by molar-refractivity contribution is 7.98. The van der Waals surface area contributed by atoms with E-state index in [0.29, 0.717) is 34.4 Å². The number of para-hydroxylation sites is 2. The molecule has 5 rings (SSSR count). The molecule has 0 saturated heterocycles. The molecule has 0 atom stereocenters. The van der Waals surface area contributed by atoms with Crippen molar-refractivity contribution >= 4 is 40.4 Å². The van der Waals surface area contributed by atoms with Gasteiger partial charge >= 0.3 is 0 Å². The fraction of sp³-hybridized carbons (Fsp3) is 0.107. The van der Waals surface area contributed by atoms with Crippen LogP contribution >= 0.6 is 11.8 Å². The number of fused-ring (bicyclic) bond motifs is 1. The summed E-state index contributed by atoms with van der Waals surface area (Å²) in [5, 5.41) is 11.6. The van der Waals surface area contributed by atoms with E-state index >= 15 is 0 Å². The molecule has 5 aromatic rings. The molecule has 8 nitrogen and oxygen atoms in total. The number of nitrogens with two attached hydrogens (primary N) is 1. The van der Waals surface area contributed by atoms with Crippen LogP contribution in [-0.4, -0.2) is 27.6 Å². The first kappa shape index (κ1) is 24.2. The zero-order valence-electron chi connectivity index (χ0n) is 20.2. The maximum atomic E-state index is 12.6. The van der Waals surface area contributed by atoms with Gasteiger partial charge in [-0.3, -0.25) is 4.79 Å². The number of hydrogen-bond donors (Lipinski definition) is 3. The first-order valence-corrected chi connectivity index (χ1v) is 12.7. The number of carbonyl (C=O) groups excluding carboxylic acids is 1. The van der Waals surface area contributed by atoms with Gasteiger partial charge in [0, 0.05) is 24.1 Å². The zero-order valence-corrected chi connectivity index (χ0v) is 21.0. The summed E-state index contributed by atoms with van der Waals surface area (Å²) in [6.07, 6.45) is 1.91. The normalized spacial score (nSPS) is 10.8. The number of nitrogen functional groups attached to an aromatic ring is 1. The van der Waals surface area contributed by atoms with Gasteiger partial charge in [0.2, 0.25) is 5.16 Å². The second kappa shape index (κ2) is 11.0. The Morgan fingerprint density at radius 1 is 0.973 bits per heavy atom. The third-order valence-corrected chi connectivity index (χ3v) is 6.69. The largest absolute Gasteiger partial charge is 0.497 e. The summed E-state index contributed by atoms with van der Waals surface area (Å²) >= 11 is 1.53. The highest BCUT2D eigenvalue weighted by Gasteiger charge is 2.11. The molecule has 0 aliphatic carbocycles. The number of rotatable bonds is 9. The molecule has 0 unspecified atom stereocenters. The summed E-state index contributed by atoms with van der Waals surface area (Å²) < 4.78 is 7.06. The minimum atomic E-state index is -0.203. The van der Waals surface area contributed by atoms with Crippen molar-refractivity contribution in [1.82, 2.24) is 14.6 Å². The first-order valence-electron chi connectivity index (χ1n) is 11.7. The molecule has 2 heterocycles. The Morgan fingerprint density at radius 3 is 2.49 bits per heavy atom. The standard InChI is InChI=1S/C28H26N6O2S/c1-36-22-14-10-19(11-15-22)17-30-26-25-7-4-16-34(25)33-28(32-26)37-18-20-8-12-21(13-9-20)27(35)31-24-6-3-2-5-23(24)29/h2-16H,17-18,29H2,1H3,(H,31,35)(H,30,32,33). The summed E-state index contributed by atoms with van der Waals surface area (Å²) in [6, 6.07) is 26.5. The van der Waals surface area contributed by atoms with Crippen molar-refractivity contribution in [3.63, 3.8) is 0 Å². The number of hydrogen-bond acceptors (Lipinski definition) is 7. The highest BCUT2D eigenvalue weighted by Crippen LogP contribution is 2.24. The van der Waals surface area contributed by atoms with Crippen LogP contribution in [0.1, 0.15) is 21.5 Å². The molecule has 0 saturated carbocycles. The summed E-state index contributed by atoms with van der Waals surface area (Å²) in [7, 11) is 1.66. The zero-order chi connectivity index (χ0) is 25.6. The van der Waals surface area contributed by atoms with Crippen LogP contribution in [0.15, 0.2) is 96.3 Å². The van der Waals surface area contributed by atoms with E-state index in [1.54, 1.807) is 19.2 Å². The number of benzene rings is 3. The van der Waals surface area contributed by atoms with Crippen molar-refractivity contribution in [1.29, 1.82) is 0 Å². The molecule has 9 heteroatoms. The summed E-state index contributed by atoms with van der Waals surface area (Å²) in [5.41, 5.74) is 10.7. The van der Waals surface area contributed by atoms with E-state index in [1.807, 2.05) is 83.5 Å². The van der Waals surface area contributed by atoms with Crippen LogP contribution in [0.25, 0.3) is 5.52 Å². The van der Waals surface area contributed by atoms with Gasteiger partial charge in [0.25, 0.3) is 5.91 Å². The number of nitrogens with zero attached hydrogens (tertiary/aromatic N) is 3. The number of amides is 1. The lowest BCUT2D eigenvalue weighted by Gasteiger charge is -2.10. The van der Waals surface area contributed by atoms with Gasteiger partial charge < -0.3 is 21.1 Å². The molecule has 0 radical (unpaired) electrons. The van der Waals surface area contributed by atoms with Gasteiger partial charge in [0.1, 0.15) is 11.3 Å². The van der Waals surface area contributed by atoms with E-state index < -0.39 is 0 Å². The lowest BCUT2D eigenvalue weighted by Crippen LogP contribution is -2.13. The van der Waals surface area contributed by atoms with Gasteiger partial charge in [-0.15, -0.1) is 5.10 Å². The molecule has 37 heavy (non-hydrogen) atoms. The van der Waals surface area contributed by atoms with Crippen LogP contribution in [-0.2, 0) is 12.3 Å². The lowest BCUT2D eigenvalue weighted by molar-refractivity contribution is 0.102. The topological polar surface area (TPSA) is 107 Å². The fourth-order valence-corrected chi connectivity index (χ4v) is 4.53. The molecular formula is C28H26N6O2S. The molecule has 0 aliphatic rings. The van der Waals surface area contributed by atoms with Gasteiger partial charge in [-0.1, -0.05) is 48.2 Å². The number of methoxy groups -OCH3 is 1. The number of anilines is 3. The third-order valence-electron chi connectivity index (χ3n) is 5.78. The molecule has 0 spiro atoms. The summed E-state index contributed by atoms with van der Waals surface area (Å²) in [5.74, 6) is 2.06. The van der Waals surface area contributed by atoms with Crippen molar-refractivity contribution in [2.45, 2.75) is 17.5 Å². The van der Waals surface area contributed by atoms with Crippen LogP contribution in [0.4, 0.5) is 17.2 Å². The van der Waals surface area contributed by atoms with Gasteiger partial charge in [-0.25, -0.2) is 9.50 Å². The predicted molar refractivity (Wildman–Crippen MR) is 148 cm³/mol. The Morgan fingerprint density at radius 2 is 1.73 bits per heavy atom. The minimum absolute atomic E-state index is 0.203. The van der Waals surface area contributed by atoms with Crippen LogP contribution < -0.4 is 21.1 Å². The van der Waals surface area contributed by atoms with E-state index in [9.17, 15) is 4.79 Å². The quantitative estimate of drug-likeness (QED) is 0.178. The molecule has 0 fully saturated rings. The Balaban J connectivity index is 1.23. The average molecular weight is 511 g/mol. The Hall–Kier alpha value is -4.50.